The molecule has 0 aromatic carbocycles. The van der Waals surface area contributed by atoms with Gasteiger partial charge in [-0.05, 0) is 31.5 Å². The van der Waals surface area contributed by atoms with Crippen molar-refractivity contribution in [2.45, 2.75) is 30.7 Å². The summed E-state index contributed by atoms with van der Waals surface area (Å²) in [5.41, 5.74) is -0.0466. The van der Waals surface area contributed by atoms with Crippen LogP contribution in [-0.4, -0.2) is 43.4 Å². The summed E-state index contributed by atoms with van der Waals surface area (Å²) in [7, 11) is -3.69. The summed E-state index contributed by atoms with van der Waals surface area (Å²) in [6.45, 7) is 3.77. The van der Waals surface area contributed by atoms with Gasteiger partial charge in [0.05, 0.1) is 0 Å². The van der Waals surface area contributed by atoms with Crippen LogP contribution in [0, 0.1) is 11.3 Å². The van der Waals surface area contributed by atoms with Crippen LogP contribution in [-0.2, 0) is 10.0 Å². The molecule has 1 aliphatic heterocycles. The van der Waals surface area contributed by atoms with Crippen LogP contribution >= 0.6 is 0 Å². The molecule has 1 unspecified atom stereocenters. The zero-order valence-electron chi connectivity index (χ0n) is 11.4. The number of pyridine rings is 1. The Labute approximate surface area is 119 Å². The summed E-state index contributed by atoms with van der Waals surface area (Å²) in [5.74, 6) is 0. The van der Waals surface area contributed by atoms with E-state index in [4.69, 9.17) is 5.26 Å². The molecule has 2 rings (SSSR count). The van der Waals surface area contributed by atoms with E-state index in [2.05, 4.69) is 10.3 Å². The highest BCUT2D eigenvalue weighted by Gasteiger charge is 2.32. The third kappa shape index (κ3) is 2.82. The lowest BCUT2D eigenvalue weighted by Gasteiger charge is -2.33. The van der Waals surface area contributed by atoms with Gasteiger partial charge in [-0.3, -0.25) is 0 Å². The molecule has 1 aromatic heterocycles. The van der Waals surface area contributed by atoms with Gasteiger partial charge in [0, 0.05) is 25.3 Å². The van der Waals surface area contributed by atoms with Gasteiger partial charge in [0.2, 0.25) is 10.0 Å². The summed E-state index contributed by atoms with van der Waals surface area (Å²) >= 11 is 0. The van der Waals surface area contributed by atoms with Crippen molar-refractivity contribution in [1.82, 2.24) is 14.6 Å². The fourth-order valence-electron chi connectivity index (χ4n) is 2.51. The predicted octanol–water partition coefficient (Wildman–Crippen LogP) is 0.716. The van der Waals surface area contributed by atoms with Crippen LogP contribution in [0.4, 0.5) is 0 Å². The van der Waals surface area contributed by atoms with Crippen molar-refractivity contribution < 1.29 is 8.42 Å². The second-order valence-electron chi connectivity index (χ2n) is 4.67. The van der Waals surface area contributed by atoms with Crippen molar-refractivity contribution in [3.63, 3.8) is 0 Å². The molecule has 1 N–H and O–H groups in total. The van der Waals surface area contributed by atoms with Crippen LogP contribution < -0.4 is 5.32 Å². The zero-order chi connectivity index (χ0) is 14.6. The minimum Gasteiger partial charge on any atom is -0.315 e. The molecule has 0 spiro atoms. The Morgan fingerprint density at radius 2 is 2.40 bits per heavy atom. The number of nitrogens with zero attached hydrogens (tertiary/aromatic N) is 3. The second kappa shape index (κ2) is 6.31. The van der Waals surface area contributed by atoms with Crippen LogP contribution in [0.3, 0.4) is 0 Å². The molecule has 1 atom stereocenters. The van der Waals surface area contributed by atoms with Crippen LogP contribution in [0.5, 0.6) is 0 Å². The van der Waals surface area contributed by atoms with Crippen LogP contribution in [0.25, 0.3) is 0 Å². The topological polar surface area (TPSA) is 86.1 Å². The molecular formula is C13H18N4O2S. The van der Waals surface area contributed by atoms with Gasteiger partial charge in [-0.1, -0.05) is 6.92 Å². The van der Waals surface area contributed by atoms with Gasteiger partial charge < -0.3 is 5.32 Å². The number of sulfonamides is 1. The van der Waals surface area contributed by atoms with Gasteiger partial charge >= 0.3 is 0 Å². The SMILES string of the molecule is CCN(C1CCCNC1)S(=O)(=O)c1cccnc1C#N. The number of aromatic nitrogens is 1. The third-order valence-electron chi connectivity index (χ3n) is 3.45. The molecule has 1 aliphatic rings. The van der Waals surface area contributed by atoms with Crippen molar-refractivity contribution >= 4 is 10.0 Å². The van der Waals surface area contributed by atoms with E-state index in [1.165, 1.54) is 16.6 Å². The first-order chi connectivity index (χ1) is 9.61. The predicted molar refractivity (Wildman–Crippen MR) is 74.4 cm³/mol. The Morgan fingerprint density at radius 3 is 3.00 bits per heavy atom. The summed E-state index contributed by atoms with van der Waals surface area (Å²) in [6.07, 6.45) is 3.22. The molecule has 6 nitrogen and oxygen atoms in total. The van der Waals surface area contributed by atoms with Gasteiger partial charge in [-0.15, -0.1) is 0 Å². The third-order valence-corrected chi connectivity index (χ3v) is 5.51. The Kier molecular flexibility index (Phi) is 4.70. The van der Waals surface area contributed by atoms with E-state index in [0.717, 1.165) is 19.4 Å². The van der Waals surface area contributed by atoms with E-state index in [1.54, 1.807) is 6.07 Å². The molecule has 20 heavy (non-hydrogen) atoms. The maximum Gasteiger partial charge on any atom is 0.246 e. The normalized spacial score (nSPS) is 19.8. The van der Waals surface area contributed by atoms with Gasteiger partial charge in [0.1, 0.15) is 11.0 Å². The number of nitriles is 1. The first-order valence-corrected chi connectivity index (χ1v) is 8.13. The standard InChI is InChI=1S/C13H18N4O2S/c1-2-17(11-5-3-7-15-10-11)20(18,19)13-6-4-8-16-12(13)9-14/h4,6,8,11,15H,2-3,5,7,10H2,1H3. The molecular weight excluding hydrogens is 276 g/mol. The lowest BCUT2D eigenvalue weighted by molar-refractivity contribution is 0.274. The van der Waals surface area contributed by atoms with Crippen molar-refractivity contribution in [3.8, 4) is 6.07 Å². The number of hydrogen-bond donors (Lipinski definition) is 1. The van der Waals surface area contributed by atoms with Crippen LogP contribution in [0.1, 0.15) is 25.5 Å². The van der Waals surface area contributed by atoms with E-state index in [1.807, 2.05) is 13.0 Å². The summed E-state index contributed by atoms with van der Waals surface area (Å²) in [4.78, 5) is 3.84. The van der Waals surface area contributed by atoms with Gasteiger partial charge in [-0.2, -0.15) is 9.57 Å². The smallest absolute Gasteiger partial charge is 0.246 e. The zero-order valence-corrected chi connectivity index (χ0v) is 12.2. The molecule has 0 aliphatic carbocycles. The fourth-order valence-corrected chi connectivity index (χ4v) is 4.27. The number of nitrogens with one attached hydrogen (secondary N) is 1. The van der Waals surface area contributed by atoms with E-state index >= 15 is 0 Å². The molecule has 1 fully saturated rings. The van der Waals surface area contributed by atoms with Crippen LogP contribution in [0.2, 0.25) is 0 Å². The maximum atomic E-state index is 12.7. The highest BCUT2D eigenvalue weighted by atomic mass is 32.2. The first-order valence-electron chi connectivity index (χ1n) is 6.69. The number of rotatable bonds is 4. The molecule has 0 amide bonds. The van der Waals surface area contributed by atoms with Crippen molar-refractivity contribution in [1.29, 1.82) is 5.26 Å². The summed E-state index contributed by atoms with van der Waals surface area (Å²) in [6, 6.07) is 4.77. The summed E-state index contributed by atoms with van der Waals surface area (Å²) in [5, 5.41) is 12.3. The van der Waals surface area contributed by atoms with Gasteiger partial charge in [0.15, 0.2) is 5.69 Å². The number of likely N-dealkylation sites (N-methyl/N-ethyl adjacent to an activating group) is 1. The second-order valence-corrected chi connectivity index (χ2v) is 6.53. The minimum atomic E-state index is -3.69. The lowest BCUT2D eigenvalue weighted by Crippen LogP contribution is -2.48. The molecule has 2 heterocycles. The Balaban J connectivity index is 2.39. The number of piperidine rings is 1. The minimum absolute atomic E-state index is 0.00470. The molecule has 0 saturated carbocycles. The average Bonchev–Trinajstić information content (AvgIpc) is 2.48. The highest BCUT2D eigenvalue weighted by Crippen LogP contribution is 2.22. The van der Waals surface area contributed by atoms with E-state index in [9.17, 15) is 8.42 Å². The van der Waals surface area contributed by atoms with Gasteiger partial charge in [-0.25, -0.2) is 13.4 Å². The van der Waals surface area contributed by atoms with Crippen molar-refractivity contribution in [2.75, 3.05) is 19.6 Å². The highest BCUT2D eigenvalue weighted by molar-refractivity contribution is 7.89. The largest absolute Gasteiger partial charge is 0.315 e. The van der Waals surface area contributed by atoms with E-state index in [-0.39, 0.29) is 16.6 Å². The van der Waals surface area contributed by atoms with E-state index in [0.29, 0.717) is 13.1 Å². The Morgan fingerprint density at radius 1 is 1.60 bits per heavy atom. The molecule has 1 saturated heterocycles. The number of hydrogen-bond acceptors (Lipinski definition) is 5. The molecule has 0 radical (unpaired) electrons. The maximum absolute atomic E-state index is 12.7. The molecule has 1 aromatic rings. The molecule has 7 heteroatoms. The Hall–Kier alpha value is -1.49. The first kappa shape index (κ1) is 14.9. The monoisotopic (exact) mass is 294 g/mol. The average molecular weight is 294 g/mol. The quantitative estimate of drug-likeness (QED) is 0.884. The van der Waals surface area contributed by atoms with Gasteiger partial charge in [0.25, 0.3) is 0 Å². The Bertz CT molecular complexity index is 603. The fraction of sp³-hybridized carbons (Fsp3) is 0.538. The molecule has 0 bridgehead atoms. The summed E-state index contributed by atoms with van der Waals surface area (Å²) < 4.78 is 27.0. The lowest BCUT2D eigenvalue weighted by atomic mass is 10.1. The molecule has 108 valence electrons. The van der Waals surface area contributed by atoms with E-state index < -0.39 is 10.0 Å². The van der Waals surface area contributed by atoms with Crippen molar-refractivity contribution in [3.05, 3.63) is 24.0 Å². The van der Waals surface area contributed by atoms with Crippen molar-refractivity contribution in [2.24, 2.45) is 0 Å². The van der Waals surface area contributed by atoms with Crippen LogP contribution in [0.15, 0.2) is 23.2 Å².